The monoisotopic (exact) mass is 502 g/mol. The van der Waals surface area contributed by atoms with Crippen LogP contribution in [0, 0.1) is 12.7 Å². The van der Waals surface area contributed by atoms with E-state index < -0.39 is 0 Å². The van der Waals surface area contributed by atoms with Gasteiger partial charge in [0, 0.05) is 23.0 Å². The van der Waals surface area contributed by atoms with Crippen LogP contribution in [0.3, 0.4) is 0 Å². The lowest BCUT2D eigenvalue weighted by atomic mass is 10.1. The highest BCUT2D eigenvalue weighted by molar-refractivity contribution is 7.10. The number of hydrogen-bond donors (Lipinski definition) is 0. The third-order valence-electron chi connectivity index (χ3n) is 6.63. The molecule has 0 spiro atoms. The van der Waals surface area contributed by atoms with Crippen LogP contribution in [0.4, 0.5) is 4.39 Å². The number of aryl methyl sites for hydroxylation is 1. The molecule has 3 aromatic carbocycles. The van der Waals surface area contributed by atoms with Crippen molar-refractivity contribution in [2.75, 3.05) is 6.54 Å². The normalized spacial score (nSPS) is 11.9. The van der Waals surface area contributed by atoms with E-state index in [4.69, 9.17) is 0 Å². The van der Waals surface area contributed by atoms with Crippen LogP contribution in [0.1, 0.15) is 46.6 Å². The van der Waals surface area contributed by atoms with E-state index in [1.165, 1.54) is 12.1 Å². The molecule has 6 heteroatoms. The first-order valence-corrected chi connectivity index (χ1v) is 13.1. The Labute approximate surface area is 216 Å². The predicted octanol–water partition coefficient (Wildman–Crippen LogP) is 6.82. The average Bonchev–Trinajstić information content (AvgIpc) is 3.30. The van der Waals surface area contributed by atoms with Crippen molar-refractivity contribution < 1.29 is 14.0 Å². The lowest BCUT2D eigenvalue weighted by Crippen LogP contribution is -2.46. The highest BCUT2D eigenvalue weighted by atomic mass is 32.1. The van der Waals surface area contributed by atoms with Crippen LogP contribution in [0.2, 0.25) is 0 Å². The van der Waals surface area contributed by atoms with Crippen molar-refractivity contribution in [3.05, 3.63) is 106 Å². The van der Waals surface area contributed by atoms with Crippen molar-refractivity contribution in [1.29, 1.82) is 0 Å². The van der Waals surface area contributed by atoms with Gasteiger partial charge in [-0.15, -0.1) is 11.3 Å². The molecular weight excluding hydrogens is 471 g/mol. The molecule has 0 aliphatic carbocycles. The molecule has 0 fully saturated rings. The number of benzene rings is 3. The van der Waals surface area contributed by atoms with Crippen LogP contribution in [0.5, 0.6) is 0 Å². The third kappa shape index (κ3) is 6.00. The minimum atomic E-state index is -0.311. The molecule has 0 N–H and O–H groups in total. The summed E-state index contributed by atoms with van der Waals surface area (Å²) in [5, 5.41) is 4.07. The quantitative estimate of drug-likeness (QED) is 0.252. The van der Waals surface area contributed by atoms with Crippen LogP contribution in [-0.2, 0) is 17.9 Å². The Morgan fingerprint density at radius 3 is 2.33 bits per heavy atom. The van der Waals surface area contributed by atoms with Gasteiger partial charge in [0.1, 0.15) is 12.4 Å². The van der Waals surface area contributed by atoms with Gasteiger partial charge < -0.3 is 9.80 Å². The summed E-state index contributed by atoms with van der Waals surface area (Å²) >= 11 is 1.61. The van der Waals surface area contributed by atoms with Gasteiger partial charge in [0.25, 0.3) is 5.91 Å². The second-order valence-corrected chi connectivity index (χ2v) is 10.2. The lowest BCUT2D eigenvalue weighted by Gasteiger charge is -2.31. The zero-order valence-electron chi connectivity index (χ0n) is 20.9. The Hall–Kier alpha value is -3.51. The van der Waals surface area contributed by atoms with Crippen molar-refractivity contribution in [1.82, 2.24) is 9.80 Å². The zero-order chi connectivity index (χ0) is 25.7. The molecule has 0 radical (unpaired) electrons. The second-order valence-electron chi connectivity index (χ2n) is 9.16. The fraction of sp³-hybridized carbons (Fsp3) is 0.267. The maximum atomic E-state index is 13.7. The summed E-state index contributed by atoms with van der Waals surface area (Å²) in [4.78, 5) is 31.9. The standard InChI is InChI=1S/C30H31FN2O2S/c1-4-22(3)33(30(35)26-12-11-24-7-5-6-8-25(24)17-26)20-29(34)32(19-28-21(2)15-16-36-28)18-23-9-13-27(31)14-10-23/h5-17,22H,4,18-20H2,1-3H3. The highest BCUT2D eigenvalue weighted by Crippen LogP contribution is 2.22. The molecule has 0 saturated heterocycles. The molecule has 36 heavy (non-hydrogen) atoms. The molecule has 4 rings (SSSR count). The van der Waals surface area contributed by atoms with Crippen LogP contribution in [0.15, 0.2) is 78.2 Å². The number of carbonyl (C=O) groups is 2. The third-order valence-corrected chi connectivity index (χ3v) is 7.64. The highest BCUT2D eigenvalue weighted by Gasteiger charge is 2.26. The maximum Gasteiger partial charge on any atom is 0.254 e. The molecule has 0 bridgehead atoms. The number of amides is 2. The van der Waals surface area contributed by atoms with Gasteiger partial charge in [0.2, 0.25) is 5.91 Å². The van der Waals surface area contributed by atoms with Crippen molar-refractivity contribution in [3.8, 4) is 0 Å². The largest absolute Gasteiger partial charge is 0.332 e. The first-order valence-electron chi connectivity index (χ1n) is 12.2. The van der Waals surface area contributed by atoms with Gasteiger partial charge in [-0.2, -0.15) is 0 Å². The fourth-order valence-corrected chi connectivity index (χ4v) is 5.08. The van der Waals surface area contributed by atoms with Crippen molar-refractivity contribution >= 4 is 33.9 Å². The van der Waals surface area contributed by atoms with Crippen LogP contribution < -0.4 is 0 Å². The molecule has 1 heterocycles. The van der Waals surface area contributed by atoms with E-state index in [2.05, 4.69) is 0 Å². The number of thiophene rings is 1. The number of halogens is 1. The SMILES string of the molecule is CCC(C)N(CC(=O)N(Cc1ccc(F)cc1)Cc1sccc1C)C(=O)c1ccc2ccccc2c1. The summed E-state index contributed by atoms with van der Waals surface area (Å²) in [6.07, 6.45) is 0.731. The Morgan fingerprint density at radius 1 is 0.944 bits per heavy atom. The van der Waals surface area contributed by atoms with E-state index in [9.17, 15) is 14.0 Å². The van der Waals surface area contributed by atoms with Gasteiger partial charge >= 0.3 is 0 Å². The molecule has 0 saturated carbocycles. The molecule has 4 aromatic rings. The van der Waals surface area contributed by atoms with Crippen LogP contribution >= 0.6 is 11.3 Å². The van der Waals surface area contributed by atoms with E-state index >= 15 is 0 Å². The molecule has 1 aromatic heterocycles. The van der Waals surface area contributed by atoms with Crippen LogP contribution in [0.25, 0.3) is 10.8 Å². The van der Waals surface area contributed by atoms with Gasteiger partial charge in [-0.1, -0.05) is 49.4 Å². The minimum Gasteiger partial charge on any atom is -0.332 e. The molecule has 186 valence electrons. The summed E-state index contributed by atoms with van der Waals surface area (Å²) in [5.74, 6) is -0.603. The first-order chi connectivity index (χ1) is 17.4. The topological polar surface area (TPSA) is 40.6 Å². The van der Waals surface area contributed by atoms with E-state index in [-0.39, 0.29) is 30.2 Å². The summed E-state index contributed by atoms with van der Waals surface area (Å²) in [5.41, 5.74) is 2.54. The minimum absolute atomic E-state index is 0.0215. The molecular formula is C30H31FN2O2S. The first kappa shape index (κ1) is 25.6. The lowest BCUT2D eigenvalue weighted by molar-refractivity contribution is -0.133. The Balaban J connectivity index is 1.60. The second kappa shape index (κ2) is 11.5. The fourth-order valence-electron chi connectivity index (χ4n) is 4.16. The van der Waals surface area contributed by atoms with Gasteiger partial charge in [0.15, 0.2) is 0 Å². The summed E-state index contributed by atoms with van der Waals surface area (Å²) in [7, 11) is 0. The van der Waals surface area contributed by atoms with Gasteiger partial charge in [0.05, 0.1) is 6.54 Å². The molecule has 1 unspecified atom stereocenters. The number of carbonyl (C=O) groups excluding carboxylic acids is 2. The smallest absolute Gasteiger partial charge is 0.254 e. The summed E-state index contributed by atoms with van der Waals surface area (Å²) in [6.45, 7) is 6.78. The number of fused-ring (bicyclic) bond motifs is 1. The molecule has 2 amide bonds. The van der Waals surface area contributed by atoms with Gasteiger partial charge in [-0.05, 0) is 77.9 Å². The predicted molar refractivity (Wildman–Crippen MR) is 144 cm³/mol. The Bertz CT molecular complexity index is 1350. The molecule has 1 atom stereocenters. The van der Waals surface area contributed by atoms with Crippen LogP contribution in [-0.4, -0.2) is 34.2 Å². The van der Waals surface area contributed by atoms with Crippen molar-refractivity contribution in [2.24, 2.45) is 0 Å². The van der Waals surface area contributed by atoms with E-state index in [1.54, 1.807) is 33.3 Å². The molecule has 0 aliphatic rings. The van der Waals surface area contributed by atoms with E-state index in [0.29, 0.717) is 18.7 Å². The molecule has 4 nitrogen and oxygen atoms in total. The van der Waals surface area contributed by atoms with E-state index in [0.717, 1.165) is 33.2 Å². The number of rotatable bonds is 9. The number of hydrogen-bond acceptors (Lipinski definition) is 3. The van der Waals surface area contributed by atoms with Crippen molar-refractivity contribution in [3.63, 3.8) is 0 Å². The average molecular weight is 503 g/mol. The summed E-state index contributed by atoms with van der Waals surface area (Å²) < 4.78 is 13.5. The Kier molecular flexibility index (Phi) is 8.16. The Morgan fingerprint density at radius 2 is 1.67 bits per heavy atom. The maximum absolute atomic E-state index is 13.7. The van der Waals surface area contributed by atoms with Gasteiger partial charge in [-0.25, -0.2) is 4.39 Å². The van der Waals surface area contributed by atoms with Gasteiger partial charge in [-0.3, -0.25) is 9.59 Å². The van der Waals surface area contributed by atoms with Crippen molar-refractivity contribution in [2.45, 2.75) is 46.3 Å². The van der Waals surface area contributed by atoms with E-state index in [1.807, 2.05) is 74.7 Å². The summed E-state index contributed by atoms with van der Waals surface area (Å²) in [6, 6.07) is 21.7. The number of nitrogens with zero attached hydrogens (tertiary/aromatic N) is 2. The zero-order valence-corrected chi connectivity index (χ0v) is 21.7. The molecule has 0 aliphatic heterocycles.